The van der Waals surface area contributed by atoms with Gasteiger partial charge in [-0.3, -0.25) is 0 Å². The molecule has 1 aromatic rings. The Labute approximate surface area is 84.7 Å². The second-order valence-electron chi connectivity index (χ2n) is 4.00. The van der Waals surface area contributed by atoms with Gasteiger partial charge in [-0.15, -0.1) is 0 Å². The molecule has 0 saturated heterocycles. The zero-order valence-corrected chi connectivity index (χ0v) is 8.45. The predicted molar refractivity (Wildman–Crippen MR) is 57.6 cm³/mol. The van der Waals surface area contributed by atoms with Crippen LogP contribution in [0.25, 0.3) is 0 Å². The van der Waals surface area contributed by atoms with Crippen LogP contribution in [0, 0.1) is 6.92 Å². The van der Waals surface area contributed by atoms with Crippen LogP contribution < -0.4 is 5.46 Å². The molecule has 1 aliphatic rings. The van der Waals surface area contributed by atoms with E-state index in [1.165, 1.54) is 24.0 Å². The zero-order valence-electron chi connectivity index (χ0n) is 8.45. The standard InChI is InChI=1S/C11H15BO2/c1-8-10-5-3-2-4-9(10)6-7-11(8)12(13)14/h6-7,13-14H,2-5H2,1H3. The maximum absolute atomic E-state index is 9.16. The predicted octanol–water partition coefficient (Wildman–Crippen LogP) is 0.554. The van der Waals surface area contributed by atoms with Gasteiger partial charge in [-0.05, 0) is 54.8 Å². The van der Waals surface area contributed by atoms with Crippen molar-refractivity contribution in [3.63, 3.8) is 0 Å². The summed E-state index contributed by atoms with van der Waals surface area (Å²) in [5.74, 6) is 0. The Hall–Kier alpha value is -0.795. The smallest absolute Gasteiger partial charge is 0.423 e. The number of rotatable bonds is 1. The van der Waals surface area contributed by atoms with Gasteiger partial charge in [0.25, 0.3) is 0 Å². The van der Waals surface area contributed by atoms with E-state index in [9.17, 15) is 0 Å². The van der Waals surface area contributed by atoms with Crippen LogP contribution >= 0.6 is 0 Å². The SMILES string of the molecule is Cc1c(B(O)O)ccc2c1CCCC2. The monoisotopic (exact) mass is 190 g/mol. The molecule has 14 heavy (non-hydrogen) atoms. The minimum absolute atomic E-state index is 0.658. The van der Waals surface area contributed by atoms with E-state index in [2.05, 4.69) is 0 Å². The first-order valence-corrected chi connectivity index (χ1v) is 5.17. The molecule has 3 heteroatoms. The average Bonchev–Trinajstić information content (AvgIpc) is 2.18. The minimum atomic E-state index is -1.33. The molecule has 2 nitrogen and oxygen atoms in total. The van der Waals surface area contributed by atoms with Crippen LogP contribution in [-0.4, -0.2) is 17.2 Å². The summed E-state index contributed by atoms with van der Waals surface area (Å²) in [5, 5.41) is 18.3. The summed E-state index contributed by atoms with van der Waals surface area (Å²) in [4.78, 5) is 0. The van der Waals surface area contributed by atoms with E-state index in [4.69, 9.17) is 10.0 Å². The highest BCUT2D eigenvalue weighted by Gasteiger charge is 2.19. The first-order chi connectivity index (χ1) is 6.70. The molecule has 2 rings (SSSR count). The molecule has 0 bridgehead atoms. The summed E-state index contributed by atoms with van der Waals surface area (Å²) in [6.07, 6.45) is 4.70. The maximum atomic E-state index is 9.16. The van der Waals surface area contributed by atoms with Crippen LogP contribution in [0.4, 0.5) is 0 Å². The molecule has 0 spiro atoms. The van der Waals surface area contributed by atoms with Crippen molar-refractivity contribution in [2.45, 2.75) is 32.6 Å². The highest BCUT2D eigenvalue weighted by molar-refractivity contribution is 6.59. The molecule has 0 heterocycles. The van der Waals surface area contributed by atoms with Crippen LogP contribution in [0.1, 0.15) is 29.5 Å². The fourth-order valence-corrected chi connectivity index (χ4v) is 2.31. The van der Waals surface area contributed by atoms with Crippen molar-refractivity contribution in [3.05, 3.63) is 28.8 Å². The summed E-state index contributed by atoms with van der Waals surface area (Å²) in [7, 11) is -1.33. The molecule has 0 saturated carbocycles. The van der Waals surface area contributed by atoms with Crippen molar-refractivity contribution in [2.24, 2.45) is 0 Å². The largest absolute Gasteiger partial charge is 0.488 e. The molecule has 74 valence electrons. The van der Waals surface area contributed by atoms with Crippen LogP contribution in [0.5, 0.6) is 0 Å². The Bertz CT molecular complexity index is 347. The lowest BCUT2D eigenvalue weighted by molar-refractivity contribution is 0.425. The lowest BCUT2D eigenvalue weighted by Gasteiger charge is -2.20. The van der Waals surface area contributed by atoms with E-state index in [0.717, 1.165) is 18.4 Å². The summed E-state index contributed by atoms with van der Waals surface area (Å²) < 4.78 is 0. The van der Waals surface area contributed by atoms with Crippen LogP contribution in [0.2, 0.25) is 0 Å². The van der Waals surface area contributed by atoms with Crippen LogP contribution in [0.15, 0.2) is 12.1 Å². The van der Waals surface area contributed by atoms with Crippen molar-refractivity contribution in [1.29, 1.82) is 0 Å². The summed E-state index contributed by atoms with van der Waals surface area (Å²) in [5.41, 5.74) is 4.45. The Kier molecular flexibility index (Phi) is 2.61. The Morgan fingerprint density at radius 1 is 1.14 bits per heavy atom. The van der Waals surface area contributed by atoms with Crippen molar-refractivity contribution in [3.8, 4) is 0 Å². The fraction of sp³-hybridized carbons (Fsp3) is 0.455. The summed E-state index contributed by atoms with van der Waals surface area (Å²) in [6, 6.07) is 3.88. The third-order valence-electron chi connectivity index (χ3n) is 3.14. The van der Waals surface area contributed by atoms with E-state index < -0.39 is 7.12 Å². The van der Waals surface area contributed by atoms with Gasteiger partial charge in [0.05, 0.1) is 0 Å². The first-order valence-electron chi connectivity index (χ1n) is 5.17. The molecule has 0 aliphatic heterocycles. The molecule has 0 radical (unpaired) electrons. The second-order valence-corrected chi connectivity index (χ2v) is 4.00. The molecule has 0 atom stereocenters. The normalized spacial score (nSPS) is 15.1. The quantitative estimate of drug-likeness (QED) is 0.635. The van der Waals surface area contributed by atoms with Gasteiger partial charge in [-0.1, -0.05) is 12.1 Å². The van der Waals surface area contributed by atoms with E-state index in [0.29, 0.717) is 5.46 Å². The molecule has 1 aromatic carbocycles. The molecule has 0 unspecified atom stereocenters. The summed E-state index contributed by atoms with van der Waals surface area (Å²) >= 11 is 0. The lowest BCUT2D eigenvalue weighted by atomic mass is 9.73. The number of hydrogen-bond donors (Lipinski definition) is 2. The van der Waals surface area contributed by atoms with Crippen LogP contribution in [0.3, 0.4) is 0 Å². The van der Waals surface area contributed by atoms with E-state index in [1.807, 2.05) is 19.1 Å². The van der Waals surface area contributed by atoms with Gasteiger partial charge < -0.3 is 10.0 Å². The zero-order chi connectivity index (χ0) is 10.1. The number of fused-ring (bicyclic) bond motifs is 1. The molecule has 1 aliphatic carbocycles. The Morgan fingerprint density at radius 3 is 2.57 bits per heavy atom. The van der Waals surface area contributed by atoms with Gasteiger partial charge in [0, 0.05) is 0 Å². The molecule has 0 fully saturated rings. The average molecular weight is 190 g/mol. The van der Waals surface area contributed by atoms with Crippen molar-refractivity contribution < 1.29 is 10.0 Å². The van der Waals surface area contributed by atoms with Crippen molar-refractivity contribution in [2.75, 3.05) is 0 Å². The van der Waals surface area contributed by atoms with Gasteiger partial charge in [0.15, 0.2) is 0 Å². The summed E-state index contributed by atoms with van der Waals surface area (Å²) in [6.45, 7) is 1.99. The van der Waals surface area contributed by atoms with Crippen molar-refractivity contribution in [1.82, 2.24) is 0 Å². The minimum Gasteiger partial charge on any atom is -0.423 e. The molecular formula is C11H15BO2. The van der Waals surface area contributed by atoms with Gasteiger partial charge in [-0.2, -0.15) is 0 Å². The van der Waals surface area contributed by atoms with Crippen molar-refractivity contribution >= 4 is 12.6 Å². The van der Waals surface area contributed by atoms with Gasteiger partial charge in [0.1, 0.15) is 0 Å². The molecule has 0 amide bonds. The highest BCUT2D eigenvalue weighted by atomic mass is 16.4. The molecular weight excluding hydrogens is 175 g/mol. The highest BCUT2D eigenvalue weighted by Crippen LogP contribution is 2.22. The third-order valence-corrected chi connectivity index (χ3v) is 3.14. The molecule has 2 N–H and O–H groups in total. The van der Waals surface area contributed by atoms with E-state index in [1.54, 1.807) is 0 Å². The van der Waals surface area contributed by atoms with Gasteiger partial charge in [0.2, 0.25) is 0 Å². The van der Waals surface area contributed by atoms with Gasteiger partial charge in [-0.25, -0.2) is 0 Å². The number of aryl methyl sites for hydroxylation is 1. The topological polar surface area (TPSA) is 40.5 Å². The van der Waals surface area contributed by atoms with Gasteiger partial charge >= 0.3 is 7.12 Å². The van der Waals surface area contributed by atoms with E-state index in [-0.39, 0.29) is 0 Å². The maximum Gasteiger partial charge on any atom is 0.488 e. The van der Waals surface area contributed by atoms with Crippen LogP contribution in [-0.2, 0) is 12.8 Å². The number of benzene rings is 1. The molecule has 0 aromatic heterocycles. The Balaban J connectivity index is 2.49. The Morgan fingerprint density at radius 2 is 1.86 bits per heavy atom. The lowest BCUT2D eigenvalue weighted by Crippen LogP contribution is -2.33. The second kappa shape index (κ2) is 3.75. The number of hydrogen-bond acceptors (Lipinski definition) is 2. The first kappa shape index (κ1) is 9.75. The fourth-order valence-electron chi connectivity index (χ4n) is 2.31. The van der Waals surface area contributed by atoms with E-state index >= 15 is 0 Å². The third kappa shape index (κ3) is 1.58.